The average molecular weight is 300 g/mol. The second-order valence-electron chi connectivity index (χ2n) is 4.40. The number of benzene rings is 1. The lowest BCUT2D eigenvalue weighted by Crippen LogP contribution is -2.29. The fourth-order valence-corrected chi connectivity index (χ4v) is 2.28. The normalized spacial score (nSPS) is 11.4. The van der Waals surface area contributed by atoms with Crippen LogP contribution in [0.15, 0.2) is 29.2 Å². The third kappa shape index (κ3) is 4.50. The van der Waals surface area contributed by atoms with E-state index in [4.69, 9.17) is 4.74 Å². The first kappa shape index (κ1) is 16.5. The molecular weight excluding hydrogens is 280 g/mol. The lowest BCUT2D eigenvalue weighted by molar-refractivity contribution is -0.123. The summed E-state index contributed by atoms with van der Waals surface area (Å²) in [6.45, 7) is 2.49. The topological polar surface area (TPSA) is 75.7 Å². The summed E-state index contributed by atoms with van der Waals surface area (Å²) in [6.07, 6.45) is 0.864. The molecule has 0 heterocycles. The summed E-state index contributed by atoms with van der Waals surface area (Å²) >= 11 is 0. The molecule has 6 nitrogen and oxygen atoms in total. The fraction of sp³-hybridized carbons (Fsp3) is 0.462. The van der Waals surface area contributed by atoms with Crippen molar-refractivity contribution >= 4 is 15.9 Å². The Kier molecular flexibility index (Phi) is 5.97. The van der Waals surface area contributed by atoms with Crippen LogP contribution in [0.5, 0.6) is 5.75 Å². The third-order valence-electron chi connectivity index (χ3n) is 2.54. The number of carbonyl (C=O) groups is 1. The molecule has 20 heavy (non-hydrogen) atoms. The molecule has 0 atom stereocenters. The van der Waals surface area contributed by atoms with Crippen molar-refractivity contribution in [1.82, 2.24) is 9.62 Å². The standard InChI is InChI=1S/C13H20N2O4S/c1-4-9-14-13(16)10-19-11-5-7-12(8-6-11)20(17,18)15(2)3/h5-8H,4,9-10H2,1-3H3,(H,14,16). The molecule has 0 fully saturated rings. The number of nitrogens with zero attached hydrogens (tertiary/aromatic N) is 1. The molecule has 0 saturated carbocycles. The summed E-state index contributed by atoms with van der Waals surface area (Å²) in [7, 11) is -0.498. The van der Waals surface area contributed by atoms with Gasteiger partial charge in [0.1, 0.15) is 5.75 Å². The van der Waals surface area contributed by atoms with E-state index in [2.05, 4.69) is 5.32 Å². The molecule has 0 aliphatic carbocycles. The Morgan fingerprint density at radius 1 is 1.25 bits per heavy atom. The lowest BCUT2D eigenvalue weighted by atomic mass is 10.3. The number of ether oxygens (including phenoxy) is 1. The molecular formula is C13H20N2O4S. The van der Waals surface area contributed by atoms with Crippen molar-refractivity contribution < 1.29 is 17.9 Å². The van der Waals surface area contributed by atoms with Gasteiger partial charge in [-0.15, -0.1) is 0 Å². The zero-order valence-electron chi connectivity index (χ0n) is 11.9. The molecule has 0 aromatic heterocycles. The van der Waals surface area contributed by atoms with Crippen LogP contribution >= 0.6 is 0 Å². The highest BCUT2D eigenvalue weighted by atomic mass is 32.2. The van der Waals surface area contributed by atoms with Gasteiger partial charge in [-0.05, 0) is 30.7 Å². The maximum atomic E-state index is 11.8. The van der Waals surface area contributed by atoms with Crippen LogP contribution in [0.3, 0.4) is 0 Å². The molecule has 7 heteroatoms. The summed E-state index contributed by atoms with van der Waals surface area (Å²) in [5, 5.41) is 2.69. The van der Waals surface area contributed by atoms with E-state index in [9.17, 15) is 13.2 Å². The van der Waals surface area contributed by atoms with Gasteiger partial charge in [0.2, 0.25) is 10.0 Å². The Morgan fingerprint density at radius 2 is 1.85 bits per heavy atom. The van der Waals surface area contributed by atoms with Gasteiger partial charge in [-0.25, -0.2) is 12.7 Å². The first-order valence-electron chi connectivity index (χ1n) is 6.30. The molecule has 0 radical (unpaired) electrons. The van der Waals surface area contributed by atoms with E-state index in [1.165, 1.54) is 38.4 Å². The van der Waals surface area contributed by atoms with Crippen LogP contribution in [0.1, 0.15) is 13.3 Å². The van der Waals surface area contributed by atoms with Crippen molar-refractivity contribution in [2.75, 3.05) is 27.2 Å². The number of rotatable bonds is 7. The largest absolute Gasteiger partial charge is 0.484 e. The second kappa shape index (κ2) is 7.25. The zero-order chi connectivity index (χ0) is 15.2. The fourth-order valence-electron chi connectivity index (χ4n) is 1.38. The summed E-state index contributed by atoms with van der Waals surface area (Å²) in [5.41, 5.74) is 0. The number of hydrogen-bond donors (Lipinski definition) is 1. The summed E-state index contributed by atoms with van der Waals surface area (Å²) in [5.74, 6) is 0.256. The third-order valence-corrected chi connectivity index (χ3v) is 4.37. The number of amides is 1. The van der Waals surface area contributed by atoms with Crippen LogP contribution in [0.2, 0.25) is 0 Å². The Hall–Kier alpha value is -1.60. The van der Waals surface area contributed by atoms with Crippen molar-refractivity contribution in [3.05, 3.63) is 24.3 Å². The van der Waals surface area contributed by atoms with E-state index in [-0.39, 0.29) is 17.4 Å². The van der Waals surface area contributed by atoms with E-state index in [1.54, 1.807) is 0 Å². The Balaban J connectivity index is 2.62. The molecule has 0 aliphatic rings. The van der Waals surface area contributed by atoms with Gasteiger partial charge in [0, 0.05) is 20.6 Å². The van der Waals surface area contributed by atoms with Crippen LogP contribution in [0.25, 0.3) is 0 Å². The SMILES string of the molecule is CCCNC(=O)COc1ccc(S(=O)(=O)N(C)C)cc1. The number of sulfonamides is 1. The minimum absolute atomic E-state index is 0.0836. The van der Waals surface area contributed by atoms with Gasteiger partial charge in [0.05, 0.1) is 4.90 Å². The summed E-state index contributed by atoms with van der Waals surface area (Å²) < 4.78 is 30.1. The Morgan fingerprint density at radius 3 is 2.35 bits per heavy atom. The molecule has 1 rings (SSSR count). The van der Waals surface area contributed by atoms with Gasteiger partial charge >= 0.3 is 0 Å². The molecule has 0 saturated heterocycles. The molecule has 1 amide bonds. The molecule has 112 valence electrons. The van der Waals surface area contributed by atoms with Gasteiger partial charge in [0.15, 0.2) is 6.61 Å². The summed E-state index contributed by atoms with van der Waals surface area (Å²) in [6, 6.07) is 5.97. The zero-order valence-corrected chi connectivity index (χ0v) is 12.7. The van der Waals surface area contributed by atoms with Crippen LogP contribution in [-0.2, 0) is 14.8 Å². The van der Waals surface area contributed by atoms with Crippen molar-refractivity contribution in [2.45, 2.75) is 18.2 Å². The predicted molar refractivity (Wildman–Crippen MR) is 76.1 cm³/mol. The highest BCUT2D eigenvalue weighted by Gasteiger charge is 2.16. The molecule has 1 aromatic carbocycles. The van der Waals surface area contributed by atoms with Gasteiger partial charge < -0.3 is 10.1 Å². The maximum Gasteiger partial charge on any atom is 0.257 e. The second-order valence-corrected chi connectivity index (χ2v) is 6.55. The molecule has 0 unspecified atom stereocenters. The van der Waals surface area contributed by atoms with Crippen LogP contribution in [0, 0.1) is 0 Å². The van der Waals surface area contributed by atoms with Gasteiger partial charge in [-0.2, -0.15) is 0 Å². The predicted octanol–water partition coefficient (Wildman–Crippen LogP) is 0.842. The minimum atomic E-state index is -3.44. The van der Waals surface area contributed by atoms with Crippen LogP contribution in [-0.4, -0.2) is 45.9 Å². The number of nitrogens with one attached hydrogen (secondary N) is 1. The summed E-state index contributed by atoms with van der Waals surface area (Å²) in [4.78, 5) is 11.5. The Bertz CT molecular complexity index is 538. The number of hydrogen-bond acceptors (Lipinski definition) is 4. The molecule has 0 bridgehead atoms. The molecule has 0 spiro atoms. The quantitative estimate of drug-likeness (QED) is 0.809. The lowest BCUT2D eigenvalue weighted by Gasteiger charge is -2.12. The first-order chi connectivity index (χ1) is 9.37. The van der Waals surface area contributed by atoms with E-state index >= 15 is 0 Å². The van der Waals surface area contributed by atoms with Gasteiger partial charge in [-0.1, -0.05) is 6.92 Å². The van der Waals surface area contributed by atoms with Crippen molar-refractivity contribution in [2.24, 2.45) is 0 Å². The highest BCUT2D eigenvalue weighted by Crippen LogP contribution is 2.17. The van der Waals surface area contributed by atoms with E-state index in [0.29, 0.717) is 12.3 Å². The smallest absolute Gasteiger partial charge is 0.257 e. The van der Waals surface area contributed by atoms with E-state index in [1.807, 2.05) is 6.92 Å². The minimum Gasteiger partial charge on any atom is -0.484 e. The molecule has 1 N–H and O–H groups in total. The average Bonchev–Trinajstić information content (AvgIpc) is 2.43. The highest BCUT2D eigenvalue weighted by molar-refractivity contribution is 7.89. The van der Waals surface area contributed by atoms with Crippen molar-refractivity contribution in [3.8, 4) is 5.75 Å². The van der Waals surface area contributed by atoms with Gasteiger partial charge in [-0.3, -0.25) is 4.79 Å². The van der Waals surface area contributed by atoms with Crippen LogP contribution in [0.4, 0.5) is 0 Å². The van der Waals surface area contributed by atoms with Crippen molar-refractivity contribution in [1.29, 1.82) is 0 Å². The monoisotopic (exact) mass is 300 g/mol. The van der Waals surface area contributed by atoms with Crippen LogP contribution < -0.4 is 10.1 Å². The van der Waals surface area contributed by atoms with E-state index < -0.39 is 10.0 Å². The first-order valence-corrected chi connectivity index (χ1v) is 7.74. The molecule has 1 aromatic rings. The van der Waals surface area contributed by atoms with E-state index in [0.717, 1.165) is 10.7 Å². The van der Waals surface area contributed by atoms with Crippen molar-refractivity contribution in [3.63, 3.8) is 0 Å². The number of carbonyl (C=O) groups excluding carboxylic acids is 1. The Labute approximate surface area is 119 Å². The maximum absolute atomic E-state index is 11.8. The molecule has 0 aliphatic heterocycles. The van der Waals surface area contributed by atoms with Gasteiger partial charge in [0.25, 0.3) is 5.91 Å².